The maximum absolute atomic E-state index is 11.8. The number of hydrogen-bond acceptors (Lipinski definition) is 12. The van der Waals surface area contributed by atoms with Crippen LogP contribution in [-0.4, -0.2) is 71.1 Å². The first-order chi connectivity index (χ1) is 27.6. The molecule has 57 heavy (non-hydrogen) atoms. The number of ether oxygens (including phenoxy) is 7. The van der Waals surface area contributed by atoms with Gasteiger partial charge in [0.2, 0.25) is 0 Å². The SMILES string of the molecule is C=CC(=O)OCCCCOc1ccc(C=O)cc1.C=CC(=O)OCCCCOc1ccc(C=O)cc1.CC.CO/C(C)=C/C=C(\C)OC(=O)c1ccc(OC)cc1. The Morgan fingerprint density at radius 2 is 0.947 bits per heavy atom. The largest absolute Gasteiger partial charge is 0.501 e. The number of rotatable bonds is 21. The van der Waals surface area contributed by atoms with E-state index in [2.05, 4.69) is 13.2 Å². The number of unbranched alkanes of at least 4 members (excludes halogenated alkanes) is 2. The Hall–Kier alpha value is -6.43. The molecule has 0 heterocycles. The van der Waals surface area contributed by atoms with Crippen molar-refractivity contribution in [3.05, 3.63) is 138 Å². The highest BCUT2D eigenvalue weighted by molar-refractivity contribution is 5.90. The highest BCUT2D eigenvalue weighted by Gasteiger charge is 2.08. The van der Waals surface area contributed by atoms with Gasteiger partial charge in [0.1, 0.15) is 35.6 Å². The van der Waals surface area contributed by atoms with Gasteiger partial charge in [0.05, 0.1) is 52.0 Å². The van der Waals surface area contributed by atoms with Crippen LogP contribution in [0.3, 0.4) is 0 Å². The van der Waals surface area contributed by atoms with E-state index in [1.54, 1.807) is 106 Å². The minimum absolute atomic E-state index is 0.373. The number of carbonyl (C=O) groups is 5. The topological polar surface area (TPSA) is 150 Å². The van der Waals surface area contributed by atoms with Crippen LogP contribution >= 0.6 is 0 Å². The Balaban J connectivity index is 0.000000807. The molecule has 12 heteroatoms. The molecular weight excluding hydrogens is 732 g/mol. The van der Waals surface area contributed by atoms with Gasteiger partial charge < -0.3 is 33.2 Å². The van der Waals surface area contributed by atoms with Gasteiger partial charge in [-0.05, 0) is 124 Å². The summed E-state index contributed by atoms with van der Waals surface area (Å²) in [5.74, 6) is 2.17. The van der Waals surface area contributed by atoms with Gasteiger partial charge in [-0.25, -0.2) is 14.4 Å². The number of allylic oxidation sites excluding steroid dienone is 4. The zero-order chi connectivity index (χ0) is 42.7. The third-order valence-electron chi connectivity index (χ3n) is 6.92. The quantitative estimate of drug-likeness (QED) is 0.0193. The lowest BCUT2D eigenvalue weighted by Crippen LogP contribution is -2.04. The summed E-state index contributed by atoms with van der Waals surface area (Å²) in [4.78, 5) is 54.1. The Morgan fingerprint density at radius 3 is 1.32 bits per heavy atom. The molecule has 0 aliphatic heterocycles. The number of methoxy groups -OCH3 is 2. The van der Waals surface area contributed by atoms with Crippen LogP contribution in [0.25, 0.3) is 0 Å². The fourth-order valence-corrected chi connectivity index (χ4v) is 3.81. The van der Waals surface area contributed by atoms with Gasteiger partial charge in [-0.2, -0.15) is 0 Å². The van der Waals surface area contributed by atoms with Gasteiger partial charge in [-0.3, -0.25) is 9.59 Å². The monoisotopic (exact) mass is 788 g/mol. The van der Waals surface area contributed by atoms with Crippen LogP contribution in [0.2, 0.25) is 0 Å². The average molecular weight is 789 g/mol. The first kappa shape index (κ1) is 50.6. The van der Waals surface area contributed by atoms with Crippen molar-refractivity contribution in [3.63, 3.8) is 0 Å². The van der Waals surface area contributed by atoms with Gasteiger partial charge in [0.15, 0.2) is 0 Å². The van der Waals surface area contributed by atoms with Crippen LogP contribution in [0.4, 0.5) is 0 Å². The second-order valence-corrected chi connectivity index (χ2v) is 11.1. The van der Waals surface area contributed by atoms with Crippen molar-refractivity contribution < 1.29 is 57.1 Å². The molecule has 0 radical (unpaired) electrons. The molecule has 0 spiro atoms. The first-order valence-electron chi connectivity index (χ1n) is 18.3. The average Bonchev–Trinajstić information content (AvgIpc) is 3.26. The second-order valence-electron chi connectivity index (χ2n) is 11.1. The number of benzene rings is 3. The van der Waals surface area contributed by atoms with Crippen LogP contribution in [0.1, 0.15) is 84.5 Å². The van der Waals surface area contributed by atoms with Crippen molar-refractivity contribution in [1.82, 2.24) is 0 Å². The predicted molar refractivity (Wildman–Crippen MR) is 220 cm³/mol. The molecule has 3 aromatic carbocycles. The third-order valence-corrected chi connectivity index (χ3v) is 6.92. The maximum Gasteiger partial charge on any atom is 0.343 e. The van der Waals surface area contributed by atoms with Gasteiger partial charge in [-0.1, -0.05) is 27.0 Å². The van der Waals surface area contributed by atoms with Crippen molar-refractivity contribution in [2.24, 2.45) is 0 Å². The zero-order valence-electron chi connectivity index (χ0n) is 33.9. The van der Waals surface area contributed by atoms with Gasteiger partial charge in [-0.15, -0.1) is 0 Å². The predicted octanol–water partition coefficient (Wildman–Crippen LogP) is 9.11. The summed E-state index contributed by atoms with van der Waals surface area (Å²) in [7, 11) is 3.16. The van der Waals surface area contributed by atoms with Crippen LogP contribution in [0.5, 0.6) is 17.2 Å². The molecule has 0 aliphatic rings. The molecule has 0 amide bonds. The van der Waals surface area contributed by atoms with E-state index in [4.69, 9.17) is 33.2 Å². The molecule has 0 unspecified atom stereocenters. The molecule has 0 bridgehead atoms. The highest BCUT2D eigenvalue weighted by atomic mass is 16.5. The van der Waals surface area contributed by atoms with Crippen LogP contribution in [0, 0.1) is 0 Å². The zero-order valence-corrected chi connectivity index (χ0v) is 33.9. The van der Waals surface area contributed by atoms with E-state index in [1.165, 1.54) is 0 Å². The fourth-order valence-electron chi connectivity index (χ4n) is 3.81. The molecule has 308 valence electrons. The number of hydrogen-bond donors (Lipinski definition) is 0. The van der Waals surface area contributed by atoms with E-state index >= 15 is 0 Å². The van der Waals surface area contributed by atoms with Crippen molar-refractivity contribution in [2.75, 3.05) is 40.6 Å². The molecule has 0 saturated heterocycles. The lowest BCUT2D eigenvalue weighted by molar-refractivity contribution is -0.138. The van der Waals surface area contributed by atoms with E-state index in [9.17, 15) is 24.0 Å². The number of esters is 3. The van der Waals surface area contributed by atoms with E-state index in [-0.39, 0.29) is 0 Å². The molecule has 12 nitrogen and oxygen atoms in total. The van der Waals surface area contributed by atoms with E-state index in [0.29, 0.717) is 54.6 Å². The van der Waals surface area contributed by atoms with Crippen molar-refractivity contribution >= 4 is 30.5 Å². The highest BCUT2D eigenvalue weighted by Crippen LogP contribution is 2.14. The summed E-state index contributed by atoms with van der Waals surface area (Å²) in [6.45, 7) is 16.0. The summed E-state index contributed by atoms with van der Waals surface area (Å²) in [5, 5.41) is 0. The Bertz CT molecular complexity index is 1590. The second kappa shape index (κ2) is 33.0. The van der Waals surface area contributed by atoms with Crippen molar-refractivity contribution in [1.29, 1.82) is 0 Å². The first-order valence-corrected chi connectivity index (χ1v) is 18.3. The van der Waals surface area contributed by atoms with Crippen molar-refractivity contribution in [3.8, 4) is 17.2 Å². The molecule has 0 aromatic heterocycles. The summed E-state index contributed by atoms with van der Waals surface area (Å²) >= 11 is 0. The van der Waals surface area contributed by atoms with E-state index in [0.717, 1.165) is 67.7 Å². The summed E-state index contributed by atoms with van der Waals surface area (Å²) in [6.07, 6.45) is 10.3. The number of aldehydes is 2. The van der Waals surface area contributed by atoms with E-state index in [1.807, 2.05) is 20.8 Å². The van der Waals surface area contributed by atoms with Crippen LogP contribution in [-0.2, 0) is 28.5 Å². The Morgan fingerprint density at radius 1 is 0.561 bits per heavy atom. The molecule has 0 N–H and O–H groups in total. The van der Waals surface area contributed by atoms with Crippen molar-refractivity contribution in [2.45, 2.75) is 53.4 Å². The van der Waals surface area contributed by atoms with Crippen LogP contribution in [0.15, 0.2) is 122 Å². The number of carbonyl (C=O) groups excluding carboxylic acids is 5. The van der Waals surface area contributed by atoms with Gasteiger partial charge in [0.25, 0.3) is 0 Å². The third kappa shape index (κ3) is 25.3. The Labute approximate surface area is 336 Å². The van der Waals surface area contributed by atoms with Gasteiger partial charge >= 0.3 is 17.9 Å². The summed E-state index contributed by atoms with van der Waals surface area (Å²) in [5.41, 5.74) is 1.72. The normalized spacial score (nSPS) is 10.1. The smallest absolute Gasteiger partial charge is 0.343 e. The van der Waals surface area contributed by atoms with Crippen LogP contribution < -0.4 is 14.2 Å². The maximum atomic E-state index is 11.8. The molecule has 3 rings (SSSR count). The molecule has 0 saturated carbocycles. The molecule has 0 atom stereocenters. The summed E-state index contributed by atoms with van der Waals surface area (Å²) < 4.78 is 35.8. The minimum Gasteiger partial charge on any atom is -0.501 e. The standard InChI is InChI=1S/C15H18O4.2C14H16O4.C2H6/c1-11(17-3)5-6-12(2)19-15(16)13-7-9-14(18-4)10-8-13;2*1-2-14(16)18-10-4-3-9-17-13-7-5-12(11-15)6-8-13;1-2/h5-10H,1-4H3;2*2,5-8,11H,1,3-4,9-10H2;1-2H3/b11-5+,12-6+;;;. The lowest BCUT2D eigenvalue weighted by Gasteiger charge is -2.06. The van der Waals surface area contributed by atoms with E-state index < -0.39 is 17.9 Å². The lowest BCUT2D eigenvalue weighted by atomic mass is 10.2. The van der Waals surface area contributed by atoms with Gasteiger partial charge in [0, 0.05) is 23.3 Å². The summed E-state index contributed by atoms with van der Waals surface area (Å²) in [6, 6.07) is 20.6. The molecule has 3 aromatic rings. The fraction of sp³-hybridized carbons (Fsp3) is 0.311. The molecule has 0 aliphatic carbocycles. The molecular formula is C45H56O12. The minimum atomic E-state index is -0.403. The molecule has 0 fully saturated rings. The Kier molecular flexibility index (Phi) is 29.2.